The molecule has 1 aliphatic heterocycles. The minimum absolute atomic E-state index is 0.00789. The number of carbonyl (C=O) groups is 4. The predicted octanol–water partition coefficient (Wildman–Crippen LogP) is -2.26. The van der Waals surface area contributed by atoms with Crippen molar-refractivity contribution in [2.24, 2.45) is 22.2 Å². The summed E-state index contributed by atoms with van der Waals surface area (Å²) in [6.07, 6.45) is 0.0702. The van der Waals surface area contributed by atoms with Crippen LogP contribution in [0.1, 0.15) is 38.2 Å². The lowest BCUT2D eigenvalue weighted by Gasteiger charge is -2.29. The highest BCUT2D eigenvalue weighted by Gasteiger charge is 2.38. The Morgan fingerprint density at radius 2 is 1.79 bits per heavy atom. The Hall–Kier alpha value is -3.91. The van der Waals surface area contributed by atoms with Gasteiger partial charge in [-0.25, -0.2) is 4.79 Å². The van der Waals surface area contributed by atoms with Crippen molar-refractivity contribution in [3.05, 3.63) is 29.8 Å². The zero-order chi connectivity index (χ0) is 28.4. The van der Waals surface area contributed by atoms with E-state index in [4.69, 9.17) is 17.2 Å². The summed E-state index contributed by atoms with van der Waals surface area (Å²) in [6, 6.07) is 1.43. The first kappa shape index (κ1) is 30.3. The fourth-order valence-corrected chi connectivity index (χ4v) is 4.08. The largest absolute Gasteiger partial charge is 0.508 e. The van der Waals surface area contributed by atoms with Gasteiger partial charge in [-0.05, 0) is 50.3 Å². The fraction of sp³-hybridized carbons (Fsp3) is 0.542. The number of carbonyl (C=O) groups excluding carboxylic acids is 3. The van der Waals surface area contributed by atoms with Crippen molar-refractivity contribution in [3.8, 4) is 5.75 Å². The summed E-state index contributed by atoms with van der Waals surface area (Å²) in [6.45, 7) is 1.82. The summed E-state index contributed by atoms with van der Waals surface area (Å²) in [5.74, 6) is -3.31. The smallest absolute Gasteiger partial charge is 0.326 e. The van der Waals surface area contributed by atoms with Crippen molar-refractivity contribution < 1.29 is 34.5 Å². The second-order valence-corrected chi connectivity index (χ2v) is 9.24. The maximum Gasteiger partial charge on any atom is 0.326 e. The van der Waals surface area contributed by atoms with E-state index in [-0.39, 0.29) is 44.1 Å². The molecule has 1 heterocycles. The second kappa shape index (κ2) is 14.1. The number of phenols is 1. The van der Waals surface area contributed by atoms with Crippen LogP contribution in [0.15, 0.2) is 29.3 Å². The van der Waals surface area contributed by atoms with Gasteiger partial charge in [0.05, 0.1) is 6.10 Å². The van der Waals surface area contributed by atoms with E-state index in [9.17, 15) is 34.5 Å². The number of likely N-dealkylation sites (tertiary alicyclic amines) is 1. The van der Waals surface area contributed by atoms with E-state index in [1.165, 1.54) is 24.0 Å². The molecule has 1 aromatic carbocycles. The van der Waals surface area contributed by atoms with Gasteiger partial charge < -0.3 is 48.1 Å². The van der Waals surface area contributed by atoms with Gasteiger partial charge >= 0.3 is 5.97 Å². The maximum absolute atomic E-state index is 13.2. The number of aromatic hydroxyl groups is 1. The van der Waals surface area contributed by atoms with Gasteiger partial charge in [-0.3, -0.25) is 19.4 Å². The SMILES string of the molecule is CC(O)C(N)C(=O)N1CCCC1C(=O)NC(Cc1ccc(O)cc1)C(=O)NC(CCCN=C(N)N)C(=O)O. The number of aliphatic imine (C=N–C) groups is 1. The van der Waals surface area contributed by atoms with E-state index in [1.807, 2.05) is 0 Å². The monoisotopic (exact) mass is 535 g/mol. The van der Waals surface area contributed by atoms with Crippen LogP contribution < -0.4 is 27.8 Å². The number of phenolic OH excluding ortho intramolecular Hbond substituents is 1. The highest BCUT2D eigenvalue weighted by atomic mass is 16.4. The zero-order valence-corrected chi connectivity index (χ0v) is 21.2. The Morgan fingerprint density at radius 1 is 1.13 bits per heavy atom. The average Bonchev–Trinajstić information content (AvgIpc) is 3.35. The molecule has 0 bridgehead atoms. The van der Waals surface area contributed by atoms with Crippen LogP contribution in [0.5, 0.6) is 5.75 Å². The molecule has 5 atom stereocenters. The van der Waals surface area contributed by atoms with Crippen LogP contribution in [0, 0.1) is 0 Å². The molecule has 3 amide bonds. The molecule has 14 heteroatoms. The van der Waals surface area contributed by atoms with Crippen LogP contribution in [0.3, 0.4) is 0 Å². The van der Waals surface area contributed by atoms with Crippen molar-refractivity contribution in [2.45, 2.75) is 69.3 Å². The molecule has 1 fully saturated rings. The van der Waals surface area contributed by atoms with Crippen molar-refractivity contribution in [1.82, 2.24) is 15.5 Å². The first-order chi connectivity index (χ1) is 17.9. The number of hydrogen-bond donors (Lipinski definition) is 8. The highest BCUT2D eigenvalue weighted by Crippen LogP contribution is 2.20. The van der Waals surface area contributed by atoms with Crippen LogP contribution >= 0.6 is 0 Å². The van der Waals surface area contributed by atoms with Gasteiger partial charge in [0.1, 0.15) is 29.9 Å². The summed E-state index contributed by atoms with van der Waals surface area (Å²) in [5, 5.41) is 33.9. The van der Waals surface area contributed by atoms with E-state index in [1.54, 1.807) is 12.1 Å². The Balaban J connectivity index is 2.19. The lowest BCUT2D eigenvalue weighted by Crippen LogP contribution is -2.58. The molecule has 0 radical (unpaired) electrons. The Kier molecular flexibility index (Phi) is 11.3. The quantitative estimate of drug-likeness (QED) is 0.0765. The van der Waals surface area contributed by atoms with E-state index in [0.717, 1.165) is 0 Å². The van der Waals surface area contributed by atoms with Gasteiger partial charge in [-0.2, -0.15) is 0 Å². The van der Waals surface area contributed by atoms with Gasteiger partial charge in [0.2, 0.25) is 17.7 Å². The normalized spacial score (nSPS) is 18.1. The number of carboxylic acids is 1. The van der Waals surface area contributed by atoms with E-state index >= 15 is 0 Å². The molecule has 210 valence electrons. The summed E-state index contributed by atoms with van der Waals surface area (Å²) in [4.78, 5) is 56.0. The number of guanidine groups is 1. The van der Waals surface area contributed by atoms with E-state index in [0.29, 0.717) is 18.4 Å². The minimum Gasteiger partial charge on any atom is -0.508 e. The first-order valence-corrected chi connectivity index (χ1v) is 12.3. The minimum atomic E-state index is -1.27. The molecule has 14 nitrogen and oxygen atoms in total. The first-order valence-electron chi connectivity index (χ1n) is 12.3. The molecular weight excluding hydrogens is 498 g/mol. The molecule has 0 aliphatic carbocycles. The number of rotatable bonds is 13. The topological polar surface area (TPSA) is 247 Å². The van der Waals surface area contributed by atoms with Crippen molar-refractivity contribution >= 4 is 29.7 Å². The number of aliphatic hydroxyl groups is 1. The molecule has 0 spiro atoms. The molecule has 11 N–H and O–H groups in total. The third-order valence-corrected chi connectivity index (χ3v) is 6.21. The summed E-state index contributed by atoms with van der Waals surface area (Å²) in [7, 11) is 0. The zero-order valence-electron chi connectivity index (χ0n) is 21.2. The second-order valence-electron chi connectivity index (χ2n) is 9.24. The molecule has 0 aromatic heterocycles. The summed E-state index contributed by atoms with van der Waals surface area (Å²) >= 11 is 0. The molecule has 1 saturated heterocycles. The number of carboxylic acid groups (broad SMARTS) is 1. The van der Waals surface area contributed by atoms with Crippen LogP contribution in [-0.4, -0.2) is 93.2 Å². The van der Waals surface area contributed by atoms with Crippen LogP contribution in [0.2, 0.25) is 0 Å². The van der Waals surface area contributed by atoms with Gasteiger partial charge in [-0.15, -0.1) is 0 Å². The van der Waals surface area contributed by atoms with Gasteiger partial charge in [0.15, 0.2) is 5.96 Å². The number of amides is 3. The molecule has 0 saturated carbocycles. The standard InChI is InChI=1S/C24H37N7O7/c1-13(32)19(25)22(36)31-11-3-5-18(31)21(35)30-17(12-14-6-8-15(33)9-7-14)20(34)29-16(23(37)38)4-2-10-28-24(26)27/h6-9,13,16-19,32-33H,2-5,10-12,25H2,1H3,(H,29,34)(H,30,35)(H,37,38)(H4,26,27,28). The van der Waals surface area contributed by atoms with Crippen molar-refractivity contribution in [1.29, 1.82) is 0 Å². The Morgan fingerprint density at radius 3 is 2.37 bits per heavy atom. The molecule has 5 unspecified atom stereocenters. The van der Waals surface area contributed by atoms with E-state index in [2.05, 4.69) is 15.6 Å². The number of benzene rings is 1. The summed E-state index contributed by atoms with van der Waals surface area (Å²) in [5.41, 5.74) is 16.9. The number of nitrogens with zero attached hydrogens (tertiary/aromatic N) is 2. The summed E-state index contributed by atoms with van der Waals surface area (Å²) < 4.78 is 0. The number of aliphatic hydroxyl groups excluding tert-OH is 1. The fourth-order valence-electron chi connectivity index (χ4n) is 4.08. The van der Waals surface area contributed by atoms with Crippen LogP contribution in [-0.2, 0) is 25.6 Å². The van der Waals surface area contributed by atoms with Crippen LogP contribution in [0.4, 0.5) is 0 Å². The third-order valence-electron chi connectivity index (χ3n) is 6.21. The highest BCUT2D eigenvalue weighted by molar-refractivity contribution is 5.94. The molecular formula is C24H37N7O7. The molecule has 1 aliphatic rings. The van der Waals surface area contributed by atoms with Gasteiger partial charge in [-0.1, -0.05) is 12.1 Å². The number of hydrogen-bond acceptors (Lipinski definition) is 8. The maximum atomic E-state index is 13.2. The molecule has 1 aromatic rings. The Labute approximate surface area is 220 Å². The Bertz CT molecular complexity index is 1010. The number of nitrogens with two attached hydrogens (primary N) is 3. The molecule has 38 heavy (non-hydrogen) atoms. The lowest BCUT2D eigenvalue weighted by atomic mass is 10.0. The lowest BCUT2D eigenvalue weighted by molar-refractivity contribution is -0.143. The van der Waals surface area contributed by atoms with Gasteiger partial charge in [0.25, 0.3) is 0 Å². The third kappa shape index (κ3) is 8.88. The molecule has 2 rings (SSSR count). The van der Waals surface area contributed by atoms with Gasteiger partial charge in [0, 0.05) is 19.5 Å². The van der Waals surface area contributed by atoms with Crippen LogP contribution in [0.25, 0.3) is 0 Å². The number of nitrogens with one attached hydrogen (secondary N) is 2. The van der Waals surface area contributed by atoms with Crippen molar-refractivity contribution in [2.75, 3.05) is 13.1 Å². The van der Waals surface area contributed by atoms with Crippen molar-refractivity contribution in [3.63, 3.8) is 0 Å². The average molecular weight is 536 g/mol. The predicted molar refractivity (Wildman–Crippen MR) is 138 cm³/mol. The number of aliphatic carboxylic acids is 1. The van der Waals surface area contributed by atoms with E-state index < -0.39 is 54.0 Å².